The fraction of sp³-hybridized carbons (Fsp3) is 0.333. The van der Waals surface area contributed by atoms with Gasteiger partial charge in [0.25, 0.3) is 17.4 Å². The second-order valence-electron chi connectivity index (χ2n) is 3.23. The Kier molecular flexibility index (Phi) is 1.92. The predicted octanol–water partition coefficient (Wildman–Crippen LogP) is -0.306. The molecule has 2 rings (SSSR count). The quantitative estimate of drug-likeness (QED) is 0.640. The first-order valence-electron chi connectivity index (χ1n) is 4.53. The van der Waals surface area contributed by atoms with Crippen LogP contribution in [0.4, 0.5) is 0 Å². The number of aromatic amines is 1. The Bertz CT molecular complexity index is 518. The van der Waals surface area contributed by atoms with Crippen LogP contribution < -0.4 is 5.56 Å². The molecular formula is C9H9N3O3. The highest BCUT2D eigenvalue weighted by atomic mass is 16.2. The number of nitrogens with zero attached hydrogens (tertiary/aromatic N) is 2. The minimum Gasteiger partial charge on any atom is -0.310 e. The molecule has 0 aromatic carbocycles. The first kappa shape index (κ1) is 9.57. The maximum absolute atomic E-state index is 11.6. The van der Waals surface area contributed by atoms with E-state index in [9.17, 15) is 14.4 Å². The number of hydrogen-bond acceptors (Lipinski definition) is 4. The van der Waals surface area contributed by atoms with Gasteiger partial charge in [-0.25, -0.2) is 4.98 Å². The van der Waals surface area contributed by atoms with Gasteiger partial charge in [-0.3, -0.25) is 19.3 Å². The van der Waals surface area contributed by atoms with Crippen LogP contribution in [0.3, 0.4) is 0 Å². The normalized spacial score (nSPS) is 14.7. The molecule has 6 nitrogen and oxygen atoms in total. The number of aryl methyl sites for hydroxylation is 1. The van der Waals surface area contributed by atoms with Crippen LogP contribution in [0.5, 0.6) is 0 Å². The number of nitrogens with one attached hydrogen (secondary N) is 1. The van der Waals surface area contributed by atoms with Crippen LogP contribution in [-0.4, -0.2) is 33.2 Å². The highest BCUT2D eigenvalue weighted by Crippen LogP contribution is 2.16. The average Bonchev–Trinajstić information content (AvgIpc) is 2.39. The van der Waals surface area contributed by atoms with Gasteiger partial charge in [0.15, 0.2) is 0 Å². The summed E-state index contributed by atoms with van der Waals surface area (Å²) in [5.41, 5.74) is -0.734. The summed E-state index contributed by atoms with van der Waals surface area (Å²) in [7, 11) is 0. The third-order valence-electron chi connectivity index (χ3n) is 2.26. The van der Waals surface area contributed by atoms with Crippen molar-refractivity contribution >= 4 is 11.8 Å². The molecule has 0 bridgehead atoms. The summed E-state index contributed by atoms with van der Waals surface area (Å²) >= 11 is 0. The molecule has 0 radical (unpaired) electrons. The molecule has 0 aliphatic carbocycles. The first-order chi connectivity index (χ1) is 7.06. The zero-order chi connectivity index (χ0) is 11.2. The maximum atomic E-state index is 11.6. The van der Waals surface area contributed by atoms with Crippen molar-refractivity contribution in [3.8, 4) is 0 Å². The van der Waals surface area contributed by atoms with Crippen molar-refractivity contribution in [2.75, 3.05) is 6.54 Å². The maximum Gasteiger partial charge on any atom is 0.280 e. The van der Waals surface area contributed by atoms with Gasteiger partial charge in [-0.2, -0.15) is 0 Å². The van der Waals surface area contributed by atoms with E-state index in [2.05, 4.69) is 9.97 Å². The van der Waals surface area contributed by atoms with Crippen LogP contribution in [0.15, 0.2) is 4.79 Å². The van der Waals surface area contributed by atoms with Gasteiger partial charge in [-0.05, 0) is 13.8 Å². The van der Waals surface area contributed by atoms with Gasteiger partial charge in [0.1, 0.15) is 17.1 Å². The molecule has 2 heterocycles. The summed E-state index contributed by atoms with van der Waals surface area (Å²) in [4.78, 5) is 42.0. The summed E-state index contributed by atoms with van der Waals surface area (Å²) < 4.78 is 0. The summed E-state index contributed by atoms with van der Waals surface area (Å²) in [6.07, 6.45) is 0. The van der Waals surface area contributed by atoms with E-state index in [4.69, 9.17) is 0 Å². The molecule has 1 aromatic rings. The average molecular weight is 207 g/mol. The number of carbonyl (C=O) groups is 2. The fourth-order valence-corrected chi connectivity index (χ4v) is 1.58. The fourth-order valence-electron chi connectivity index (χ4n) is 1.58. The largest absolute Gasteiger partial charge is 0.310 e. The minimum atomic E-state index is -0.564. The minimum absolute atomic E-state index is 0.0388. The van der Waals surface area contributed by atoms with Crippen molar-refractivity contribution in [1.29, 1.82) is 0 Å². The molecule has 0 atom stereocenters. The number of aromatic nitrogens is 2. The van der Waals surface area contributed by atoms with E-state index in [1.54, 1.807) is 13.8 Å². The van der Waals surface area contributed by atoms with E-state index < -0.39 is 17.4 Å². The van der Waals surface area contributed by atoms with Gasteiger partial charge in [-0.15, -0.1) is 0 Å². The Morgan fingerprint density at radius 3 is 2.53 bits per heavy atom. The molecule has 78 valence electrons. The van der Waals surface area contributed by atoms with Crippen molar-refractivity contribution < 1.29 is 9.59 Å². The van der Waals surface area contributed by atoms with Gasteiger partial charge in [0.2, 0.25) is 0 Å². The SMILES string of the molecule is CCN1C(=O)c2nc(C)[nH]c(=O)c2C1=O. The van der Waals surface area contributed by atoms with Crippen molar-refractivity contribution in [3.63, 3.8) is 0 Å². The summed E-state index contributed by atoms with van der Waals surface area (Å²) in [5.74, 6) is -0.726. The predicted molar refractivity (Wildman–Crippen MR) is 50.6 cm³/mol. The number of amides is 2. The lowest BCUT2D eigenvalue weighted by atomic mass is 10.2. The number of hydrogen-bond donors (Lipinski definition) is 1. The van der Waals surface area contributed by atoms with Crippen LogP contribution in [0.2, 0.25) is 0 Å². The van der Waals surface area contributed by atoms with Crippen molar-refractivity contribution in [3.05, 3.63) is 27.4 Å². The second-order valence-corrected chi connectivity index (χ2v) is 3.23. The van der Waals surface area contributed by atoms with E-state index in [-0.39, 0.29) is 17.8 Å². The topological polar surface area (TPSA) is 83.1 Å². The molecule has 1 aliphatic rings. The van der Waals surface area contributed by atoms with Crippen LogP contribution in [-0.2, 0) is 0 Å². The van der Waals surface area contributed by atoms with Gasteiger partial charge < -0.3 is 4.98 Å². The Hall–Kier alpha value is -1.98. The standard InChI is InChI=1S/C9H9N3O3/c1-3-12-8(14)5-6(9(12)15)10-4(2)11-7(5)13/h3H2,1-2H3,(H,10,11,13). The molecule has 6 heteroatoms. The van der Waals surface area contributed by atoms with E-state index in [0.717, 1.165) is 4.90 Å². The summed E-state index contributed by atoms with van der Waals surface area (Å²) in [6, 6.07) is 0. The van der Waals surface area contributed by atoms with Crippen molar-refractivity contribution in [2.24, 2.45) is 0 Å². The van der Waals surface area contributed by atoms with Crippen LogP contribution in [0, 0.1) is 6.92 Å². The highest BCUT2D eigenvalue weighted by molar-refractivity contribution is 6.20. The van der Waals surface area contributed by atoms with Crippen LogP contribution in [0.25, 0.3) is 0 Å². The molecule has 1 aliphatic heterocycles. The molecule has 0 fully saturated rings. The third-order valence-corrected chi connectivity index (χ3v) is 2.26. The van der Waals surface area contributed by atoms with E-state index in [1.165, 1.54) is 0 Å². The lowest BCUT2D eigenvalue weighted by Gasteiger charge is -2.07. The summed E-state index contributed by atoms with van der Waals surface area (Å²) in [5, 5.41) is 0. The molecule has 15 heavy (non-hydrogen) atoms. The molecular weight excluding hydrogens is 198 g/mol. The zero-order valence-corrected chi connectivity index (χ0v) is 8.33. The lowest BCUT2D eigenvalue weighted by Crippen LogP contribution is -2.30. The van der Waals surface area contributed by atoms with Crippen molar-refractivity contribution in [2.45, 2.75) is 13.8 Å². The number of imide groups is 1. The van der Waals surface area contributed by atoms with Crippen LogP contribution in [0.1, 0.15) is 33.6 Å². The number of rotatable bonds is 1. The van der Waals surface area contributed by atoms with Gasteiger partial charge in [-0.1, -0.05) is 0 Å². The zero-order valence-electron chi connectivity index (χ0n) is 8.33. The molecule has 1 N–H and O–H groups in total. The highest BCUT2D eigenvalue weighted by Gasteiger charge is 2.38. The molecule has 2 amide bonds. The smallest absolute Gasteiger partial charge is 0.280 e. The van der Waals surface area contributed by atoms with Gasteiger partial charge >= 0.3 is 0 Å². The van der Waals surface area contributed by atoms with Crippen LogP contribution >= 0.6 is 0 Å². The van der Waals surface area contributed by atoms with E-state index >= 15 is 0 Å². The molecule has 0 saturated carbocycles. The first-order valence-corrected chi connectivity index (χ1v) is 4.53. The molecule has 0 unspecified atom stereocenters. The van der Waals surface area contributed by atoms with Gasteiger partial charge in [0, 0.05) is 6.54 Å². The summed E-state index contributed by atoms with van der Waals surface area (Å²) in [6.45, 7) is 3.48. The van der Waals surface area contributed by atoms with Gasteiger partial charge in [0.05, 0.1) is 0 Å². The molecule has 0 spiro atoms. The van der Waals surface area contributed by atoms with E-state index in [0.29, 0.717) is 5.82 Å². The van der Waals surface area contributed by atoms with E-state index in [1.807, 2.05) is 0 Å². The second kappa shape index (κ2) is 3.01. The third kappa shape index (κ3) is 1.18. The Labute approximate surface area is 84.9 Å². The Balaban J connectivity index is 2.73. The Morgan fingerprint density at radius 2 is 1.93 bits per heavy atom. The lowest BCUT2D eigenvalue weighted by molar-refractivity contribution is 0.0660. The number of carbonyl (C=O) groups excluding carboxylic acids is 2. The van der Waals surface area contributed by atoms with Crippen molar-refractivity contribution in [1.82, 2.24) is 14.9 Å². The number of fused-ring (bicyclic) bond motifs is 1. The number of H-pyrrole nitrogens is 1. The monoisotopic (exact) mass is 207 g/mol. The molecule has 1 aromatic heterocycles. The molecule has 0 saturated heterocycles. The Morgan fingerprint density at radius 1 is 1.27 bits per heavy atom.